The maximum absolute atomic E-state index is 2.89. The molecule has 1 aliphatic heterocycles. The van der Waals surface area contributed by atoms with Gasteiger partial charge in [0.25, 0.3) is 0 Å². The zero-order valence-electron chi connectivity index (χ0n) is 11.0. The lowest BCUT2D eigenvalue weighted by molar-refractivity contribution is 0.115. The molecule has 0 bridgehead atoms. The molecule has 0 aromatic rings. The molecule has 2 aliphatic carbocycles. The first-order valence-corrected chi connectivity index (χ1v) is 7.59. The van der Waals surface area contributed by atoms with E-state index in [9.17, 15) is 0 Å². The van der Waals surface area contributed by atoms with Crippen molar-refractivity contribution in [3.05, 3.63) is 0 Å². The van der Waals surface area contributed by atoms with Crippen molar-refractivity contribution < 1.29 is 0 Å². The second-order valence-corrected chi connectivity index (χ2v) is 6.30. The van der Waals surface area contributed by atoms with Crippen molar-refractivity contribution in [2.45, 2.75) is 77.3 Å². The summed E-state index contributed by atoms with van der Waals surface area (Å²) in [5.41, 5.74) is 0.773. The van der Waals surface area contributed by atoms with Gasteiger partial charge in [-0.3, -0.25) is 4.90 Å². The van der Waals surface area contributed by atoms with Gasteiger partial charge in [0, 0.05) is 12.1 Å². The lowest BCUT2D eigenvalue weighted by atomic mass is 9.64. The monoisotopic (exact) mass is 221 g/mol. The van der Waals surface area contributed by atoms with Crippen LogP contribution in [0.2, 0.25) is 0 Å². The molecule has 92 valence electrons. The van der Waals surface area contributed by atoms with E-state index in [0.29, 0.717) is 0 Å². The van der Waals surface area contributed by atoms with Crippen LogP contribution >= 0.6 is 0 Å². The van der Waals surface area contributed by atoms with Crippen molar-refractivity contribution in [1.82, 2.24) is 4.90 Å². The summed E-state index contributed by atoms with van der Waals surface area (Å²) in [4.78, 5) is 2.89. The molecule has 1 heterocycles. The predicted octanol–water partition coefficient (Wildman–Crippen LogP) is 3.83. The summed E-state index contributed by atoms with van der Waals surface area (Å²) >= 11 is 0. The maximum Gasteiger partial charge on any atom is 0.0158 e. The maximum atomic E-state index is 2.89. The Balaban J connectivity index is 1.95. The second kappa shape index (κ2) is 4.01. The molecule has 4 atom stereocenters. The zero-order chi connectivity index (χ0) is 11.2. The van der Waals surface area contributed by atoms with Gasteiger partial charge in [0.2, 0.25) is 0 Å². The number of likely N-dealkylation sites (tertiary alicyclic amines) is 1. The summed E-state index contributed by atoms with van der Waals surface area (Å²) in [5, 5.41) is 0. The van der Waals surface area contributed by atoms with Crippen molar-refractivity contribution in [2.75, 3.05) is 6.54 Å². The molecule has 1 nitrogen and oxygen atoms in total. The number of nitrogens with zero attached hydrogens (tertiary/aromatic N) is 1. The van der Waals surface area contributed by atoms with Gasteiger partial charge in [0.1, 0.15) is 0 Å². The molecule has 0 radical (unpaired) electrons. The van der Waals surface area contributed by atoms with Crippen LogP contribution in [0.3, 0.4) is 0 Å². The molecule has 1 spiro atoms. The minimum Gasteiger partial charge on any atom is -0.297 e. The molecule has 0 aromatic heterocycles. The minimum absolute atomic E-state index is 0.773. The van der Waals surface area contributed by atoms with Crippen LogP contribution in [0.25, 0.3) is 0 Å². The first-order valence-electron chi connectivity index (χ1n) is 7.59. The third-order valence-corrected chi connectivity index (χ3v) is 6.00. The van der Waals surface area contributed by atoms with Gasteiger partial charge >= 0.3 is 0 Å². The van der Waals surface area contributed by atoms with Gasteiger partial charge in [0.15, 0.2) is 0 Å². The van der Waals surface area contributed by atoms with E-state index in [1.165, 1.54) is 45.1 Å². The third-order valence-electron chi connectivity index (χ3n) is 6.00. The fourth-order valence-electron chi connectivity index (χ4n) is 5.60. The normalized spacial score (nSPS) is 48.0. The number of hydrogen-bond acceptors (Lipinski definition) is 1. The highest BCUT2D eigenvalue weighted by Crippen LogP contribution is 2.61. The van der Waals surface area contributed by atoms with Crippen LogP contribution in [-0.2, 0) is 0 Å². The predicted molar refractivity (Wildman–Crippen MR) is 68.5 cm³/mol. The Bertz CT molecular complexity index is 258. The van der Waals surface area contributed by atoms with E-state index < -0.39 is 0 Å². The molecule has 0 amide bonds. The van der Waals surface area contributed by atoms with Crippen molar-refractivity contribution >= 4 is 0 Å². The first-order chi connectivity index (χ1) is 7.83. The standard InChI is InChI=1S/C15H27N/c1-3-13-12-8-5-6-10-15(12)11-7-9-14(15)16(13)4-2/h12-14H,3-11H2,1-2H3. The Morgan fingerprint density at radius 1 is 1.06 bits per heavy atom. The third kappa shape index (κ3) is 1.27. The van der Waals surface area contributed by atoms with Crippen LogP contribution in [0.1, 0.15) is 65.2 Å². The Labute approximate surface area is 101 Å². The molecule has 1 heteroatoms. The largest absolute Gasteiger partial charge is 0.297 e. The first kappa shape index (κ1) is 11.1. The van der Waals surface area contributed by atoms with E-state index in [1.807, 2.05) is 0 Å². The average Bonchev–Trinajstić information content (AvgIpc) is 2.81. The topological polar surface area (TPSA) is 3.24 Å². The molecule has 16 heavy (non-hydrogen) atoms. The van der Waals surface area contributed by atoms with Crippen molar-refractivity contribution in [3.63, 3.8) is 0 Å². The van der Waals surface area contributed by atoms with Gasteiger partial charge in [-0.2, -0.15) is 0 Å². The van der Waals surface area contributed by atoms with Crippen LogP contribution in [0.5, 0.6) is 0 Å². The van der Waals surface area contributed by atoms with Gasteiger partial charge in [0.05, 0.1) is 0 Å². The molecule has 3 rings (SSSR count). The lowest BCUT2D eigenvalue weighted by Gasteiger charge is -2.40. The van der Waals surface area contributed by atoms with Crippen LogP contribution in [-0.4, -0.2) is 23.5 Å². The van der Waals surface area contributed by atoms with Gasteiger partial charge in [-0.25, -0.2) is 0 Å². The Hall–Kier alpha value is -0.0400. The van der Waals surface area contributed by atoms with Crippen LogP contribution in [0.4, 0.5) is 0 Å². The van der Waals surface area contributed by atoms with Crippen molar-refractivity contribution in [3.8, 4) is 0 Å². The highest BCUT2D eigenvalue weighted by Gasteiger charge is 2.59. The van der Waals surface area contributed by atoms with E-state index >= 15 is 0 Å². The van der Waals surface area contributed by atoms with Crippen molar-refractivity contribution in [2.24, 2.45) is 11.3 Å². The van der Waals surface area contributed by atoms with Crippen LogP contribution in [0.15, 0.2) is 0 Å². The fraction of sp³-hybridized carbons (Fsp3) is 1.00. The summed E-state index contributed by atoms with van der Waals surface area (Å²) in [6.45, 7) is 6.09. The quantitative estimate of drug-likeness (QED) is 0.685. The van der Waals surface area contributed by atoms with Gasteiger partial charge in [-0.1, -0.05) is 33.1 Å². The molecule has 0 N–H and O–H groups in total. The zero-order valence-corrected chi connectivity index (χ0v) is 11.0. The molecule has 0 aromatic carbocycles. The van der Waals surface area contributed by atoms with Crippen LogP contribution < -0.4 is 0 Å². The Morgan fingerprint density at radius 3 is 2.62 bits per heavy atom. The summed E-state index contributed by atoms with van der Waals surface area (Å²) in [5.74, 6) is 1.05. The minimum atomic E-state index is 0.773. The highest BCUT2D eigenvalue weighted by molar-refractivity contribution is 5.12. The Kier molecular flexibility index (Phi) is 2.78. The van der Waals surface area contributed by atoms with E-state index in [2.05, 4.69) is 18.7 Å². The molecule has 1 saturated heterocycles. The highest BCUT2D eigenvalue weighted by atomic mass is 15.2. The van der Waals surface area contributed by atoms with E-state index in [0.717, 1.165) is 23.4 Å². The average molecular weight is 221 g/mol. The van der Waals surface area contributed by atoms with Gasteiger partial charge in [-0.15, -0.1) is 0 Å². The fourth-order valence-corrected chi connectivity index (χ4v) is 5.60. The molecule has 4 unspecified atom stereocenters. The summed E-state index contributed by atoms with van der Waals surface area (Å²) < 4.78 is 0. The smallest absolute Gasteiger partial charge is 0.0158 e. The summed E-state index contributed by atoms with van der Waals surface area (Å²) in [6.07, 6.45) is 12.1. The summed E-state index contributed by atoms with van der Waals surface area (Å²) in [6, 6.07) is 1.89. The Morgan fingerprint density at radius 2 is 1.88 bits per heavy atom. The molecular weight excluding hydrogens is 194 g/mol. The molecule has 3 aliphatic rings. The van der Waals surface area contributed by atoms with Gasteiger partial charge < -0.3 is 0 Å². The lowest BCUT2D eigenvalue weighted by Crippen LogP contribution is -2.38. The molecular formula is C15H27N. The van der Waals surface area contributed by atoms with Gasteiger partial charge in [-0.05, 0) is 50.0 Å². The van der Waals surface area contributed by atoms with E-state index in [-0.39, 0.29) is 0 Å². The SMILES string of the molecule is CCC1C2CCCCC23CCCC3N1CC. The van der Waals surface area contributed by atoms with E-state index in [1.54, 1.807) is 12.8 Å². The molecule has 2 saturated carbocycles. The number of hydrogen-bond donors (Lipinski definition) is 0. The number of rotatable bonds is 2. The van der Waals surface area contributed by atoms with E-state index in [4.69, 9.17) is 0 Å². The van der Waals surface area contributed by atoms with Crippen molar-refractivity contribution in [1.29, 1.82) is 0 Å². The summed E-state index contributed by atoms with van der Waals surface area (Å²) in [7, 11) is 0. The molecule has 3 fully saturated rings. The van der Waals surface area contributed by atoms with Crippen LogP contribution in [0, 0.1) is 11.3 Å². The second-order valence-electron chi connectivity index (χ2n) is 6.30.